The van der Waals surface area contributed by atoms with Crippen molar-refractivity contribution in [2.24, 2.45) is 0 Å². The molecule has 2 fully saturated rings. The first-order valence-corrected chi connectivity index (χ1v) is 7.41. The van der Waals surface area contributed by atoms with E-state index in [1.807, 2.05) is 6.07 Å². The minimum atomic E-state index is -0.392. The molecule has 0 aromatic carbocycles. The van der Waals surface area contributed by atoms with Crippen LogP contribution in [-0.2, 0) is 9.31 Å². The lowest BCUT2D eigenvalue weighted by Gasteiger charge is -2.32. The van der Waals surface area contributed by atoms with Crippen LogP contribution in [0.5, 0.6) is 0 Å². The van der Waals surface area contributed by atoms with Gasteiger partial charge in [0.25, 0.3) is 0 Å². The summed E-state index contributed by atoms with van der Waals surface area (Å²) in [6.07, 6.45) is 5.39. The fraction of sp³-hybridized carbons (Fsp3) is 0.667. The summed E-state index contributed by atoms with van der Waals surface area (Å²) in [6, 6.07) is 2.04. The van der Waals surface area contributed by atoms with Crippen molar-refractivity contribution >= 4 is 18.4 Å². The Hall–Kier alpha value is -1.07. The molecule has 3 rings (SSSR count). The fourth-order valence-electron chi connectivity index (χ4n) is 2.71. The standard InChI is InChI=1S/C15H23BN2O2/c1-14(2)15(3,4)20-16(19-14)13-12(10-6-5-7-10)8-11(17)9-18-13/h8-10H,5-7,17H2,1-4H3. The lowest BCUT2D eigenvalue weighted by Crippen LogP contribution is -2.41. The number of anilines is 1. The molecule has 1 aliphatic carbocycles. The van der Waals surface area contributed by atoms with Crippen molar-refractivity contribution in [2.75, 3.05) is 5.73 Å². The second-order valence-corrected chi connectivity index (χ2v) is 6.96. The van der Waals surface area contributed by atoms with Crippen LogP contribution in [0, 0.1) is 0 Å². The van der Waals surface area contributed by atoms with Crippen molar-refractivity contribution in [3.63, 3.8) is 0 Å². The second-order valence-electron chi connectivity index (χ2n) is 6.96. The maximum Gasteiger partial charge on any atom is 0.514 e. The van der Waals surface area contributed by atoms with E-state index in [1.54, 1.807) is 6.20 Å². The Kier molecular flexibility index (Phi) is 3.10. The maximum atomic E-state index is 6.12. The lowest BCUT2D eigenvalue weighted by molar-refractivity contribution is 0.00578. The number of nitrogen functional groups attached to an aromatic ring is 1. The van der Waals surface area contributed by atoms with Gasteiger partial charge >= 0.3 is 7.12 Å². The van der Waals surface area contributed by atoms with E-state index in [1.165, 1.54) is 24.8 Å². The Morgan fingerprint density at radius 2 is 1.80 bits per heavy atom. The van der Waals surface area contributed by atoms with Crippen LogP contribution in [0.15, 0.2) is 12.3 Å². The third kappa shape index (κ3) is 2.13. The molecule has 2 heterocycles. The molecule has 0 amide bonds. The number of rotatable bonds is 2. The summed E-state index contributed by atoms with van der Waals surface area (Å²) in [5, 5.41) is 0. The van der Waals surface area contributed by atoms with Crippen molar-refractivity contribution < 1.29 is 9.31 Å². The third-order valence-corrected chi connectivity index (χ3v) is 4.99. The molecule has 0 unspecified atom stereocenters. The molecule has 1 aliphatic heterocycles. The normalized spacial score (nSPS) is 24.7. The van der Waals surface area contributed by atoms with Crippen molar-refractivity contribution in [3.05, 3.63) is 17.8 Å². The van der Waals surface area contributed by atoms with Crippen LogP contribution in [-0.4, -0.2) is 23.3 Å². The van der Waals surface area contributed by atoms with Gasteiger partial charge in [-0.1, -0.05) is 6.42 Å². The average Bonchev–Trinajstić information content (AvgIpc) is 2.45. The van der Waals surface area contributed by atoms with Crippen molar-refractivity contribution in [3.8, 4) is 0 Å². The Bertz CT molecular complexity index is 511. The maximum absolute atomic E-state index is 6.12. The van der Waals surface area contributed by atoms with Gasteiger partial charge in [-0.25, -0.2) is 0 Å². The molecule has 1 saturated carbocycles. The van der Waals surface area contributed by atoms with Crippen LogP contribution in [0.3, 0.4) is 0 Å². The van der Waals surface area contributed by atoms with Gasteiger partial charge in [-0.05, 0) is 58.1 Å². The molecule has 5 heteroatoms. The van der Waals surface area contributed by atoms with Gasteiger partial charge in [0.2, 0.25) is 0 Å². The number of nitrogens with two attached hydrogens (primary N) is 1. The molecule has 0 bridgehead atoms. The molecule has 108 valence electrons. The molecule has 2 N–H and O–H groups in total. The van der Waals surface area contributed by atoms with Crippen molar-refractivity contribution in [1.82, 2.24) is 4.98 Å². The highest BCUT2D eigenvalue weighted by atomic mass is 16.7. The topological polar surface area (TPSA) is 57.4 Å². The fourth-order valence-corrected chi connectivity index (χ4v) is 2.71. The molecule has 20 heavy (non-hydrogen) atoms. The van der Waals surface area contributed by atoms with E-state index in [4.69, 9.17) is 15.0 Å². The molecule has 1 aromatic heterocycles. The summed E-state index contributed by atoms with van der Waals surface area (Å²) in [5.41, 5.74) is 8.06. The van der Waals surface area contributed by atoms with Gasteiger partial charge in [0.1, 0.15) is 0 Å². The largest absolute Gasteiger partial charge is 0.514 e. The molecule has 0 radical (unpaired) electrons. The monoisotopic (exact) mass is 274 g/mol. The predicted octanol–water partition coefficient (Wildman–Crippen LogP) is 2.23. The quantitative estimate of drug-likeness (QED) is 0.840. The highest BCUT2D eigenvalue weighted by molar-refractivity contribution is 6.61. The van der Waals surface area contributed by atoms with Crippen LogP contribution in [0.1, 0.15) is 58.4 Å². The van der Waals surface area contributed by atoms with E-state index < -0.39 is 7.12 Å². The van der Waals surface area contributed by atoms with Crippen LogP contribution < -0.4 is 11.3 Å². The zero-order valence-electron chi connectivity index (χ0n) is 12.8. The number of hydrogen-bond donors (Lipinski definition) is 1. The molecule has 0 spiro atoms. The van der Waals surface area contributed by atoms with Crippen LogP contribution in [0.2, 0.25) is 0 Å². The highest BCUT2D eigenvalue weighted by Gasteiger charge is 2.53. The minimum Gasteiger partial charge on any atom is -0.398 e. The van der Waals surface area contributed by atoms with E-state index in [0.717, 1.165) is 5.59 Å². The molecular formula is C15H23BN2O2. The molecule has 4 nitrogen and oxygen atoms in total. The number of pyridine rings is 1. The average molecular weight is 274 g/mol. The molecule has 1 aromatic rings. The molecule has 2 aliphatic rings. The molecular weight excluding hydrogens is 251 g/mol. The Labute approximate surface area is 121 Å². The van der Waals surface area contributed by atoms with Crippen LogP contribution in [0.25, 0.3) is 0 Å². The van der Waals surface area contributed by atoms with Gasteiger partial charge in [0.05, 0.1) is 22.5 Å². The first kappa shape index (κ1) is 13.9. The Morgan fingerprint density at radius 3 is 2.30 bits per heavy atom. The summed E-state index contributed by atoms with van der Waals surface area (Å²) < 4.78 is 12.2. The molecule has 1 saturated heterocycles. The highest BCUT2D eigenvalue weighted by Crippen LogP contribution is 2.39. The number of hydrogen-bond acceptors (Lipinski definition) is 4. The van der Waals surface area contributed by atoms with Gasteiger partial charge < -0.3 is 15.0 Å². The zero-order chi connectivity index (χ0) is 14.5. The summed E-state index contributed by atoms with van der Waals surface area (Å²) >= 11 is 0. The van der Waals surface area contributed by atoms with Gasteiger partial charge in [0, 0.05) is 6.20 Å². The summed E-state index contributed by atoms with van der Waals surface area (Å²) in [7, 11) is -0.392. The van der Waals surface area contributed by atoms with E-state index in [2.05, 4.69) is 32.7 Å². The summed E-state index contributed by atoms with van der Waals surface area (Å²) in [6.45, 7) is 8.25. The van der Waals surface area contributed by atoms with Crippen LogP contribution in [0.4, 0.5) is 5.69 Å². The minimum absolute atomic E-state index is 0.336. The number of aromatic nitrogens is 1. The van der Waals surface area contributed by atoms with E-state index in [0.29, 0.717) is 11.6 Å². The van der Waals surface area contributed by atoms with Gasteiger partial charge in [-0.15, -0.1) is 0 Å². The smallest absolute Gasteiger partial charge is 0.398 e. The van der Waals surface area contributed by atoms with Gasteiger partial charge in [-0.3, -0.25) is 4.98 Å². The van der Waals surface area contributed by atoms with E-state index in [-0.39, 0.29) is 11.2 Å². The Morgan fingerprint density at radius 1 is 1.20 bits per heavy atom. The van der Waals surface area contributed by atoms with E-state index >= 15 is 0 Å². The summed E-state index contributed by atoms with van der Waals surface area (Å²) in [5.74, 6) is 0.556. The second kappa shape index (κ2) is 4.47. The first-order valence-electron chi connectivity index (χ1n) is 7.41. The lowest BCUT2D eigenvalue weighted by atomic mass is 9.71. The van der Waals surface area contributed by atoms with Gasteiger partial charge in [-0.2, -0.15) is 0 Å². The SMILES string of the molecule is CC1(C)OB(c2ncc(N)cc2C2CCC2)OC1(C)C. The Balaban J connectivity index is 1.95. The van der Waals surface area contributed by atoms with Gasteiger partial charge in [0.15, 0.2) is 0 Å². The van der Waals surface area contributed by atoms with E-state index in [9.17, 15) is 0 Å². The molecule has 0 atom stereocenters. The van der Waals surface area contributed by atoms with Crippen molar-refractivity contribution in [1.29, 1.82) is 0 Å². The summed E-state index contributed by atoms with van der Waals surface area (Å²) in [4.78, 5) is 4.52. The third-order valence-electron chi connectivity index (χ3n) is 4.99. The first-order chi connectivity index (χ1) is 9.30. The zero-order valence-corrected chi connectivity index (χ0v) is 12.8. The number of nitrogens with zero attached hydrogens (tertiary/aromatic N) is 1. The predicted molar refractivity (Wildman–Crippen MR) is 81.0 cm³/mol. The van der Waals surface area contributed by atoms with Crippen LogP contribution >= 0.6 is 0 Å². The van der Waals surface area contributed by atoms with Crippen molar-refractivity contribution in [2.45, 2.75) is 64.1 Å².